The molecule has 2 N–H and O–H groups in total. The highest BCUT2D eigenvalue weighted by atomic mass is 35.5. The van der Waals surface area contributed by atoms with Gasteiger partial charge in [0.05, 0.1) is 17.3 Å². The summed E-state index contributed by atoms with van der Waals surface area (Å²) in [5, 5.41) is 13.3. The lowest BCUT2D eigenvalue weighted by Crippen LogP contribution is -2.48. The number of aliphatic imine (C=N–C) groups is 1. The van der Waals surface area contributed by atoms with Crippen molar-refractivity contribution in [2.75, 3.05) is 54.4 Å². The van der Waals surface area contributed by atoms with Gasteiger partial charge in [-0.05, 0) is 36.4 Å². The van der Waals surface area contributed by atoms with Gasteiger partial charge in [-0.2, -0.15) is 4.98 Å². The number of anilines is 4. The number of fused-ring (bicyclic) bond motifs is 3. The fourth-order valence-electron chi connectivity index (χ4n) is 4.88. The van der Waals surface area contributed by atoms with Gasteiger partial charge < -0.3 is 25.1 Å². The largest absolute Gasteiger partial charge is 0.465 e. The average Bonchev–Trinajstić information content (AvgIpc) is 3.39. The van der Waals surface area contributed by atoms with E-state index < -0.39 is 11.9 Å². The van der Waals surface area contributed by atoms with E-state index in [-0.39, 0.29) is 0 Å². The van der Waals surface area contributed by atoms with E-state index in [1.54, 1.807) is 30.5 Å². The molecule has 6 rings (SSSR count). The molecule has 0 saturated carbocycles. The van der Waals surface area contributed by atoms with Crippen molar-refractivity contribution in [3.05, 3.63) is 69.6 Å². The number of amides is 1. The van der Waals surface area contributed by atoms with Gasteiger partial charge in [0.15, 0.2) is 0 Å². The summed E-state index contributed by atoms with van der Waals surface area (Å²) in [5.41, 5.74) is 3.46. The SMILES string of the molecule is O=C(O)N1CCN(c2ccc(Nc3ncc4c(n3)N3CCN=C3C(c3ccc(Cl)cc3Cl)=C4)cc2F)CC1. The smallest absolute Gasteiger partial charge is 0.407 e. The number of hydrogen-bond acceptors (Lipinski definition) is 7. The minimum atomic E-state index is -0.956. The Morgan fingerprint density at radius 2 is 1.87 bits per heavy atom. The zero-order valence-electron chi connectivity index (χ0n) is 20.0. The first-order chi connectivity index (χ1) is 18.4. The quantitative estimate of drug-likeness (QED) is 0.456. The van der Waals surface area contributed by atoms with Crippen molar-refractivity contribution < 1.29 is 14.3 Å². The monoisotopic (exact) mass is 553 g/mol. The van der Waals surface area contributed by atoms with Gasteiger partial charge in [-0.1, -0.05) is 29.3 Å². The molecule has 3 aromatic rings. The first-order valence-corrected chi connectivity index (χ1v) is 12.8. The maximum Gasteiger partial charge on any atom is 0.407 e. The van der Waals surface area contributed by atoms with Crippen molar-refractivity contribution in [3.63, 3.8) is 0 Å². The predicted molar refractivity (Wildman–Crippen MR) is 148 cm³/mol. The molecule has 1 aromatic heterocycles. The molecule has 9 nitrogen and oxygen atoms in total. The summed E-state index contributed by atoms with van der Waals surface area (Å²) in [6, 6.07) is 10.2. The van der Waals surface area contributed by atoms with E-state index in [0.29, 0.717) is 72.5 Å². The van der Waals surface area contributed by atoms with Crippen LogP contribution in [0.25, 0.3) is 11.6 Å². The Bertz CT molecular complexity index is 1500. The molecule has 38 heavy (non-hydrogen) atoms. The van der Waals surface area contributed by atoms with Gasteiger partial charge in [0.25, 0.3) is 0 Å². The second-order valence-corrected chi connectivity index (χ2v) is 9.90. The van der Waals surface area contributed by atoms with E-state index in [4.69, 9.17) is 33.3 Å². The maximum absolute atomic E-state index is 15.0. The number of carbonyl (C=O) groups is 1. The van der Waals surface area contributed by atoms with Gasteiger partial charge in [0, 0.05) is 66.3 Å². The number of amidine groups is 1. The van der Waals surface area contributed by atoms with Crippen molar-refractivity contribution in [1.82, 2.24) is 14.9 Å². The highest BCUT2D eigenvalue weighted by molar-refractivity contribution is 6.41. The molecule has 2 aromatic carbocycles. The van der Waals surface area contributed by atoms with Gasteiger partial charge in [0.1, 0.15) is 17.5 Å². The van der Waals surface area contributed by atoms with E-state index >= 15 is 4.39 Å². The second kappa shape index (κ2) is 9.77. The lowest BCUT2D eigenvalue weighted by Gasteiger charge is -2.34. The molecule has 194 valence electrons. The van der Waals surface area contributed by atoms with Crippen LogP contribution in [0.1, 0.15) is 11.1 Å². The number of hydrogen-bond donors (Lipinski definition) is 2. The lowest BCUT2D eigenvalue weighted by atomic mass is 9.98. The number of aromatic nitrogens is 2. The van der Waals surface area contributed by atoms with E-state index in [2.05, 4.69) is 15.3 Å². The summed E-state index contributed by atoms with van der Waals surface area (Å²) in [4.78, 5) is 30.2. The van der Waals surface area contributed by atoms with Crippen LogP contribution in [0.4, 0.5) is 32.3 Å². The summed E-state index contributed by atoms with van der Waals surface area (Å²) in [6.45, 7) is 2.82. The molecule has 3 aliphatic rings. The summed E-state index contributed by atoms with van der Waals surface area (Å²) in [6.07, 6.45) is 2.73. The Balaban J connectivity index is 1.24. The average molecular weight is 554 g/mol. The summed E-state index contributed by atoms with van der Waals surface area (Å²) in [7, 11) is 0. The molecule has 0 spiro atoms. The van der Waals surface area contributed by atoms with Crippen LogP contribution in [0, 0.1) is 5.82 Å². The standard InChI is InChI=1S/C26H22Cl2FN7O2/c27-16-1-3-18(20(28)12-16)19-11-15-14-31-25(33-23(15)36-6-5-30-24(19)36)32-17-2-4-22(21(29)13-17)34-7-9-35(10-8-34)26(37)38/h1-4,11-14H,5-10H2,(H,37,38)(H,31,32,33). The number of rotatable bonds is 4. The summed E-state index contributed by atoms with van der Waals surface area (Å²) in [5.74, 6) is 1.42. The van der Waals surface area contributed by atoms with E-state index in [0.717, 1.165) is 22.5 Å². The van der Waals surface area contributed by atoms with Gasteiger partial charge in [0.2, 0.25) is 5.95 Å². The van der Waals surface area contributed by atoms with Crippen LogP contribution < -0.4 is 15.1 Å². The maximum atomic E-state index is 15.0. The Labute approximate surface area is 227 Å². The third-order valence-electron chi connectivity index (χ3n) is 6.75. The van der Waals surface area contributed by atoms with Crippen LogP contribution in [-0.4, -0.2) is 71.2 Å². The van der Waals surface area contributed by atoms with Crippen LogP contribution in [-0.2, 0) is 0 Å². The third kappa shape index (κ3) is 4.50. The normalized spacial score (nSPS) is 16.6. The molecule has 0 radical (unpaired) electrons. The number of benzene rings is 2. The van der Waals surface area contributed by atoms with Crippen LogP contribution in [0.15, 0.2) is 47.6 Å². The third-order valence-corrected chi connectivity index (χ3v) is 7.30. The summed E-state index contributed by atoms with van der Waals surface area (Å²) >= 11 is 12.6. The lowest BCUT2D eigenvalue weighted by molar-refractivity contribution is 0.142. The number of nitrogens with zero attached hydrogens (tertiary/aromatic N) is 6. The Morgan fingerprint density at radius 3 is 2.61 bits per heavy atom. The van der Waals surface area contributed by atoms with Crippen molar-refractivity contribution in [1.29, 1.82) is 0 Å². The highest BCUT2D eigenvalue weighted by Crippen LogP contribution is 2.38. The Kier molecular flexibility index (Phi) is 6.29. The molecule has 0 aliphatic carbocycles. The topological polar surface area (TPSA) is 97.2 Å². The van der Waals surface area contributed by atoms with Crippen molar-refractivity contribution >= 4 is 69.9 Å². The molecule has 1 fully saturated rings. The molecular formula is C26H22Cl2FN7O2. The predicted octanol–water partition coefficient (Wildman–Crippen LogP) is 5.24. The van der Waals surface area contributed by atoms with Crippen LogP contribution in [0.3, 0.4) is 0 Å². The molecule has 3 aliphatic heterocycles. The first kappa shape index (κ1) is 24.4. The van der Waals surface area contributed by atoms with Gasteiger partial charge in [-0.3, -0.25) is 4.99 Å². The van der Waals surface area contributed by atoms with E-state index in [1.165, 1.54) is 11.0 Å². The molecule has 12 heteroatoms. The molecule has 1 saturated heterocycles. The molecule has 0 atom stereocenters. The summed E-state index contributed by atoms with van der Waals surface area (Å²) < 4.78 is 15.0. The Hall–Kier alpha value is -3.89. The number of piperazine rings is 1. The minimum absolute atomic E-state index is 0.332. The molecule has 0 unspecified atom stereocenters. The molecule has 1 amide bonds. The zero-order chi connectivity index (χ0) is 26.4. The van der Waals surface area contributed by atoms with Crippen molar-refractivity contribution in [3.8, 4) is 0 Å². The van der Waals surface area contributed by atoms with Crippen molar-refractivity contribution in [2.24, 2.45) is 4.99 Å². The van der Waals surface area contributed by atoms with Crippen LogP contribution in [0.2, 0.25) is 10.0 Å². The first-order valence-electron chi connectivity index (χ1n) is 12.0. The number of nitrogens with one attached hydrogen (secondary N) is 1. The van der Waals surface area contributed by atoms with E-state index in [1.807, 2.05) is 21.9 Å². The molecule has 0 bridgehead atoms. The van der Waals surface area contributed by atoms with Gasteiger partial charge in [-0.15, -0.1) is 0 Å². The molecule has 4 heterocycles. The number of carboxylic acid groups (broad SMARTS) is 1. The fourth-order valence-corrected chi connectivity index (χ4v) is 5.39. The van der Waals surface area contributed by atoms with E-state index in [9.17, 15) is 4.79 Å². The van der Waals surface area contributed by atoms with Crippen LogP contribution in [0.5, 0.6) is 0 Å². The van der Waals surface area contributed by atoms with Gasteiger partial charge in [-0.25, -0.2) is 14.2 Å². The van der Waals surface area contributed by atoms with Gasteiger partial charge >= 0.3 is 6.09 Å². The Morgan fingerprint density at radius 1 is 1.05 bits per heavy atom. The minimum Gasteiger partial charge on any atom is -0.465 e. The molecular weight excluding hydrogens is 532 g/mol. The second-order valence-electron chi connectivity index (χ2n) is 9.06. The fraction of sp³-hybridized carbons (Fsp3) is 0.231. The zero-order valence-corrected chi connectivity index (χ0v) is 21.5. The highest BCUT2D eigenvalue weighted by Gasteiger charge is 2.31. The van der Waals surface area contributed by atoms with Crippen LogP contribution >= 0.6 is 23.2 Å². The number of halogens is 3. The van der Waals surface area contributed by atoms with Crippen molar-refractivity contribution in [2.45, 2.75) is 0 Å².